The predicted molar refractivity (Wildman–Crippen MR) is 139 cm³/mol. The molecule has 0 aromatic heterocycles. The average molecular weight is 502 g/mol. The van der Waals surface area contributed by atoms with Gasteiger partial charge in [0.25, 0.3) is 5.91 Å². The molecule has 1 aliphatic heterocycles. The molecule has 1 N–H and O–H groups in total. The van der Waals surface area contributed by atoms with E-state index in [1.807, 2.05) is 78.9 Å². The van der Waals surface area contributed by atoms with E-state index in [1.165, 1.54) is 13.3 Å². The maximum atomic E-state index is 11.9. The minimum Gasteiger partial charge on any atom is -0.485 e. The first-order valence-corrected chi connectivity index (χ1v) is 11.8. The summed E-state index contributed by atoms with van der Waals surface area (Å²) in [6.07, 6.45) is 2.65. The summed E-state index contributed by atoms with van der Waals surface area (Å²) < 4.78 is 16.6. The fourth-order valence-electron chi connectivity index (χ4n) is 3.10. The zero-order valence-electron chi connectivity index (χ0n) is 19.4. The standard InChI is InChI=1S/C27H23N3O5S/c1-33-25(31)15-24-26(32)29-27(36-24)30-28-16-21-12-13-22(34-17-19-8-4-2-5-9-19)23(14-21)35-18-20-10-6-3-7-11-20/h2-16H,17-18H2,1H3,(H,29,30,32)/b24-15+,28-16?. The van der Waals surface area contributed by atoms with Gasteiger partial charge >= 0.3 is 5.97 Å². The highest BCUT2D eigenvalue weighted by Gasteiger charge is 2.25. The monoisotopic (exact) mass is 501 g/mol. The third-order valence-corrected chi connectivity index (χ3v) is 5.80. The number of hydrogen-bond acceptors (Lipinski definition) is 8. The summed E-state index contributed by atoms with van der Waals surface area (Å²) in [5, 5.41) is 10.9. The van der Waals surface area contributed by atoms with Crippen LogP contribution in [0.5, 0.6) is 11.5 Å². The molecule has 0 aliphatic carbocycles. The number of carbonyl (C=O) groups excluding carboxylic acids is 2. The molecule has 1 amide bonds. The third kappa shape index (κ3) is 7.07. The highest BCUT2D eigenvalue weighted by molar-refractivity contribution is 8.18. The molecule has 182 valence electrons. The van der Waals surface area contributed by atoms with Gasteiger partial charge in [0, 0.05) is 6.08 Å². The number of thioether (sulfide) groups is 1. The van der Waals surface area contributed by atoms with Crippen LogP contribution < -0.4 is 14.8 Å². The van der Waals surface area contributed by atoms with Gasteiger partial charge in [-0.1, -0.05) is 60.7 Å². The second-order valence-corrected chi connectivity index (χ2v) is 8.52. The molecule has 1 saturated heterocycles. The summed E-state index contributed by atoms with van der Waals surface area (Å²) >= 11 is 1.00. The number of carbonyl (C=O) groups is 2. The summed E-state index contributed by atoms with van der Waals surface area (Å²) in [4.78, 5) is 23.5. The van der Waals surface area contributed by atoms with Crippen LogP contribution in [0.2, 0.25) is 0 Å². The number of amides is 1. The molecule has 1 aliphatic rings. The lowest BCUT2D eigenvalue weighted by Gasteiger charge is -2.14. The number of hydrogen-bond donors (Lipinski definition) is 1. The van der Waals surface area contributed by atoms with E-state index < -0.39 is 11.9 Å². The lowest BCUT2D eigenvalue weighted by molar-refractivity contribution is -0.135. The molecule has 4 rings (SSSR count). The van der Waals surface area contributed by atoms with Gasteiger partial charge in [-0.25, -0.2) is 4.79 Å². The largest absolute Gasteiger partial charge is 0.485 e. The second-order valence-electron chi connectivity index (χ2n) is 7.49. The normalized spacial score (nSPS) is 15.3. The van der Waals surface area contributed by atoms with Gasteiger partial charge in [-0.05, 0) is 46.7 Å². The highest BCUT2D eigenvalue weighted by Crippen LogP contribution is 2.30. The minimum absolute atomic E-state index is 0.187. The molecular formula is C27H23N3O5S. The van der Waals surface area contributed by atoms with Crippen molar-refractivity contribution in [1.29, 1.82) is 0 Å². The minimum atomic E-state index is -0.616. The fraction of sp³-hybridized carbons (Fsp3) is 0.111. The molecule has 0 radical (unpaired) electrons. The van der Waals surface area contributed by atoms with E-state index >= 15 is 0 Å². The van der Waals surface area contributed by atoms with Gasteiger partial charge in [0.1, 0.15) is 13.2 Å². The van der Waals surface area contributed by atoms with Crippen molar-refractivity contribution in [3.63, 3.8) is 0 Å². The Labute approximate surface area is 212 Å². The van der Waals surface area contributed by atoms with E-state index in [4.69, 9.17) is 9.47 Å². The molecule has 9 heteroatoms. The number of methoxy groups -OCH3 is 1. The molecule has 3 aromatic carbocycles. The van der Waals surface area contributed by atoms with Gasteiger partial charge in [-0.3, -0.25) is 10.1 Å². The van der Waals surface area contributed by atoms with Crippen molar-refractivity contribution in [2.75, 3.05) is 7.11 Å². The number of amidine groups is 1. The van der Waals surface area contributed by atoms with E-state index in [-0.39, 0.29) is 10.1 Å². The second kappa shape index (κ2) is 12.4. The summed E-state index contributed by atoms with van der Waals surface area (Å²) in [5.41, 5.74) is 2.81. The molecule has 0 saturated carbocycles. The smallest absolute Gasteiger partial charge is 0.331 e. The Hall–Kier alpha value is -4.37. The molecule has 1 heterocycles. The van der Waals surface area contributed by atoms with Crippen LogP contribution >= 0.6 is 11.8 Å². The number of ether oxygens (including phenoxy) is 3. The Bertz CT molecular complexity index is 1310. The Morgan fingerprint density at radius 2 is 1.56 bits per heavy atom. The highest BCUT2D eigenvalue weighted by atomic mass is 32.2. The number of nitrogens with zero attached hydrogens (tertiary/aromatic N) is 2. The Balaban J connectivity index is 1.48. The van der Waals surface area contributed by atoms with Gasteiger partial charge in [0.2, 0.25) is 0 Å². The van der Waals surface area contributed by atoms with Crippen LogP contribution in [0.4, 0.5) is 0 Å². The maximum Gasteiger partial charge on any atom is 0.331 e. The summed E-state index contributed by atoms with van der Waals surface area (Å²) in [6.45, 7) is 0.783. The Morgan fingerprint density at radius 3 is 2.19 bits per heavy atom. The maximum absolute atomic E-state index is 11.9. The van der Waals surface area contributed by atoms with Crippen LogP contribution in [0.15, 0.2) is 100 Å². The third-order valence-electron chi connectivity index (χ3n) is 4.90. The SMILES string of the molecule is COC(=O)/C=C1/S/C(=N\N=Cc2ccc(OCc3ccccc3)c(OCc3ccccc3)c2)NC1=O. The van der Waals surface area contributed by atoms with E-state index in [0.29, 0.717) is 24.7 Å². The molecule has 0 atom stereocenters. The molecule has 0 spiro atoms. The van der Waals surface area contributed by atoms with Crippen molar-refractivity contribution in [2.24, 2.45) is 10.2 Å². The van der Waals surface area contributed by atoms with E-state index in [9.17, 15) is 9.59 Å². The molecule has 0 bridgehead atoms. The topological polar surface area (TPSA) is 98.6 Å². The van der Waals surface area contributed by atoms with Crippen molar-refractivity contribution in [1.82, 2.24) is 5.32 Å². The van der Waals surface area contributed by atoms with Crippen molar-refractivity contribution in [2.45, 2.75) is 13.2 Å². The summed E-state index contributed by atoms with van der Waals surface area (Å²) in [6, 6.07) is 25.2. The van der Waals surface area contributed by atoms with Gasteiger partial charge in [-0.15, -0.1) is 5.10 Å². The van der Waals surface area contributed by atoms with Crippen molar-refractivity contribution >= 4 is 35.0 Å². The van der Waals surface area contributed by atoms with Crippen LogP contribution in [-0.2, 0) is 27.5 Å². The van der Waals surface area contributed by atoms with Crippen molar-refractivity contribution in [3.05, 3.63) is 107 Å². The average Bonchev–Trinajstić information content (AvgIpc) is 3.26. The molecule has 8 nitrogen and oxygen atoms in total. The van der Waals surface area contributed by atoms with Crippen LogP contribution in [0, 0.1) is 0 Å². The predicted octanol–water partition coefficient (Wildman–Crippen LogP) is 4.45. The van der Waals surface area contributed by atoms with Crippen LogP contribution in [0.1, 0.15) is 16.7 Å². The van der Waals surface area contributed by atoms with Gasteiger partial charge in [-0.2, -0.15) is 5.10 Å². The molecule has 0 unspecified atom stereocenters. The summed E-state index contributed by atoms with van der Waals surface area (Å²) in [5.74, 6) is 0.124. The van der Waals surface area contributed by atoms with E-state index in [0.717, 1.165) is 34.5 Å². The van der Waals surface area contributed by atoms with Crippen LogP contribution in [0.25, 0.3) is 0 Å². The quantitative estimate of drug-likeness (QED) is 0.201. The number of benzene rings is 3. The molecule has 36 heavy (non-hydrogen) atoms. The molecule has 1 fully saturated rings. The number of esters is 1. The zero-order chi connectivity index (χ0) is 25.2. The Morgan fingerprint density at radius 1 is 0.917 bits per heavy atom. The van der Waals surface area contributed by atoms with Gasteiger partial charge in [0.05, 0.1) is 18.2 Å². The van der Waals surface area contributed by atoms with E-state index in [2.05, 4.69) is 20.3 Å². The zero-order valence-corrected chi connectivity index (χ0v) is 20.2. The number of rotatable bonds is 9. The first-order valence-electron chi connectivity index (χ1n) is 11.0. The van der Waals surface area contributed by atoms with Crippen LogP contribution in [-0.4, -0.2) is 30.4 Å². The summed E-state index contributed by atoms with van der Waals surface area (Å²) in [7, 11) is 1.24. The lowest BCUT2D eigenvalue weighted by atomic mass is 10.2. The molecular weight excluding hydrogens is 478 g/mol. The fourth-order valence-corrected chi connectivity index (χ4v) is 3.84. The van der Waals surface area contributed by atoms with Crippen LogP contribution in [0.3, 0.4) is 0 Å². The van der Waals surface area contributed by atoms with Crippen molar-refractivity contribution in [3.8, 4) is 11.5 Å². The van der Waals surface area contributed by atoms with Crippen molar-refractivity contribution < 1.29 is 23.8 Å². The van der Waals surface area contributed by atoms with E-state index in [1.54, 1.807) is 0 Å². The van der Waals surface area contributed by atoms with Gasteiger partial charge in [0.15, 0.2) is 16.7 Å². The Kier molecular flexibility index (Phi) is 8.50. The first kappa shape index (κ1) is 24.7. The molecule has 3 aromatic rings. The van der Waals surface area contributed by atoms with Gasteiger partial charge < -0.3 is 14.2 Å². The first-order chi connectivity index (χ1) is 17.6. The number of nitrogens with one attached hydrogen (secondary N) is 1. The lowest BCUT2D eigenvalue weighted by Crippen LogP contribution is -2.19.